The van der Waals surface area contributed by atoms with Gasteiger partial charge in [0.2, 0.25) is 0 Å². The van der Waals surface area contributed by atoms with Crippen molar-refractivity contribution in [3.05, 3.63) is 35.1 Å². The highest BCUT2D eigenvalue weighted by Gasteiger charge is 2.56. The Bertz CT molecular complexity index is 756. The van der Waals surface area contributed by atoms with Gasteiger partial charge in [-0.15, -0.1) is 0 Å². The van der Waals surface area contributed by atoms with Crippen LogP contribution in [0.15, 0.2) is 24.0 Å². The summed E-state index contributed by atoms with van der Waals surface area (Å²) < 4.78 is 16.7. The third-order valence-corrected chi connectivity index (χ3v) is 6.39. The number of benzene rings is 1. The second kappa shape index (κ2) is 5.77. The van der Waals surface area contributed by atoms with E-state index in [2.05, 4.69) is 24.1 Å². The lowest BCUT2D eigenvalue weighted by Gasteiger charge is -2.56. The molecule has 5 nitrogen and oxygen atoms in total. The summed E-state index contributed by atoms with van der Waals surface area (Å²) in [5.74, 6) is 2.36. The van der Waals surface area contributed by atoms with Gasteiger partial charge in [-0.2, -0.15) is 0 Å². The number of likely N-dealkylation sites (N-methyl/N-ethyl adjacent to an activating group) is 1. The van der Waals surface area contributed by atoms with Gasteiger partial charge >= 0.3 is 0 Å². The molecular formula is C20H25NO4. The minimum Gasteiger partial charge on any atom is -0.493 e. The Kier molecular flexibility index (Phi) is 3.80. The Morgan fingerprint density at radius 2 is 1.96 bits per heavy atom. The average Bonchev–Trinajstić information content (AvgIpc) is 2.62. The fraction of sp³-hybridized carbons (Fsp3) is 0.550. The quantitative estimate of drug-likeness (QED) is 0.843. The summed E-state index contributed by atoms with van der Waals surface area (Å²) >= 11 is 0. The number of hydrogen-bond acceptors (Lipinski definition) is 5. The Hall–Kier alpha value is -2.01. The Balaban J connectivity index is 1.98. The molecule has 1 aromatic rings. The molecule has 3 atom stereocenters. The molecule has 0 radical (unpaired) electrons. The molecule has 0 saturated carbocycles. The van der Waals surface area contributed by atoms with Crippen molar-refractivity contribution in [2.24, 2.45) is 5.92 Å². The van der Waals surface area contributed by atoms with Crippen LogP contribution in [0.25, 0.3) is 0 Å². The van der Waals surface area contributed by atoms with Gasteiger partial charge in [0.25, 0.3) is 0 Å². The average molecular weight is 343 g/mol. The molecule has 1 aliphatic heterocycles. The minimum absolute atomic E-state index is 0.0831. The van der Waals surface area contributed by atoms with Crippen molar-refractivity contribution in [3.8, 4) is 11.5 Å². The summed E-state index contributed by atoms with van der Waals surface area (Å²) in [5, 5.41) is 0. The molecule has 5 heteroatoms. The Morgan fingerprint density at radius 1 is 1.16 bits per heavy atom. The second-order valence-corrected chi connectivity index (χ2v) is 7.35. The van der Waals surface area contributed by atoms with Gasteiger partial charge in [0.05, 0.1) is 21.3 Å². The number of piperidine rings is 1. The van der Waals surface area contributed by atoms with Crippen LogP contribution in [0.2, 0.25) is 0 Å². The highest BCUT2D eigenvalue weighted by molar-refractivity contribution is 5.96. The molecule has 1 saturated heterocycles. The van der Waals surface area contributed by atoms with Crippen molar-refractivity contribution < 1.29 is 19.0 Å². The maximum absolute atomic E-state index is 12.7. The molecule has 0 aromatic heterocycles. The molecular weight excluding hydrogens is 318 g/mol. The molecule has 1 aromatic carbocycles. The molecule has 134 valence electrons. The van der Waals surface area contributed by atoms with E-state index in [1.807, 2.05) is 6.07 Å². The van der Waals surface area contributed by atoms with Crippen molar-refractivity contribution in [2.75, 3.05) is 34.9 Å². The normalized spacial score (nSPS) is 30.9. The van der Waals surface area contributed by atoms with Gasteiger partial charge in [-0.05, 0) is 44.1 Å². The van der Waals surface area contributed by atoms with E-state index in [1.54, 1.807) is 21.3 Å². The number of likely N-dealkylation sites (tertiary alicyclic amines) is 1. The smallest absolute Gasteiger partial charge is 0.197 e. The lowest BCUT2D eigenvalue weighted by Crippen LogP contribution is -2.60. The first kappa shape index (κ1) is 16.5. The number of fused-ring (bicyclic) bond motifs is 1. The number of carbonyl (C=O) groups is 1. The van der Waals surface area contributed by atoms with Crippen LogP contribution in [-0.2, 0) is 21.4 Å². The minimum atomic E-state index is -0.232. The number of methoxy groups -OCH3 is 3. The molecule has 1 heterocycles. The second-order valence-electron chi connectivity index (χ2n) is 7.35. The van der Waals surface area contributed by atoms with E-state index in [-0.39, 0.29) is 17.1 Å². The van der Waals surface area contributed by atoms with Crippen LogP contribution < -0.4 is 9.47 Å². The van der Waals surface area contributed by atoms with Gasteiger partial charge < -0.3 is 19.1 Å². The molecule has 1 fully saturated rings. The predicted molar refractivity (Wildman–Crippen MR) is 94.2 cm³/mol. The largest absolute Gasteiger partial charge is 0.493 e. The predicted octanol–water partition coefficient (Wildman–Crippen LogP) is 2.32. The Labute approximate surface area is 148 Å². The number of allylic oxidation sites excluding steroid dienone is 1. The molecule has 0 amide bonds. The fourth-order valence-electron chi connectivity index (χ4n) is 5.21. The molecule has 25 heavy (non-hydrogen) atoms. The van der Waals surface area contributed by atoms with Crippen molar-refractivity contribution in [1.82, 2.24) is 4.90 Å². The van der Waals surface area contributed by atoms with Crippen LogP contribution in [0, 0.1) is 5.92 Å². The summed E-state index contributed by atoms with van der Waals surface area (Å²) in [6.45, 7) is 0.977. The number of ether oxygens (including phenoxy) is 3. The van der Waals surface area contributed by atoms with Crippen LogP contribution in [0.5, 0.6) is 11.5 Å². The van der Waals surface area contributed by atoms with Crippen molar-refractivity contribution in [3.63, 3.8) is 0 Å². The van der Waals surface area contributed by atoms with Gasteiger partial charge in [0, 0.05) is 29.4 Å². The molecule has 0 N–H and O–H groups in total. The lowest BCUT2D eigenvalue weighted by atomic mass is 9.53. The van der Waals surface area contributed by atoms with Crippen LogP contribution >= 0.6 is 0 Å². The number of ketones is 1. The zero-order valence-corrected chi connectivity index (χ0v) is 15.3. The number of carbonyl (C=O) groups excluding carboxylic acids is 1. The van der Waals surface area contributed by atoms with E-state index in [9.17, 15) is 4.79 Å². The first-order valence-corrected chi connectivity index (χ1v) is 8.79. The van der Waals surface area contributed by atoms with E-state index in [0.29, 0.717) is 18.2 Å². The van der Waals surface area contributed by atoms with Gasteiger partial charge in [0.15, 0.2) is 23.0 Å². The first-order chi connectivity index (χ1) is 12.1. The van der Waals surface area contributed by atoms with Crippen LogP contribution in [-0.4, -0.2) is 51.6 Å². The van der Waals surface area contributed by atoms with Gasteiger partial charge in [-0.25, -0.2) is 0 Å². The number of rotatable bonds is 3. The zero-order chi connectivity index (χ0) is 17.8. The summed E-state index contributed by atoms with van der Waals surface area (Å²) in [5.41, 5.74) is 2.21. The molecule has 2 bridgehead atoms. The van der Waals surface area contributed by atoms with Crippen LogP contribution in [0.4, 0.5) is 0 Å². The molecule has 4 rings (SSSR count). The summed E-state index contributed by atoms with van der Waals surface area (Å²) in [7, 11) is 7.11. The monoisotopic (exact) mass is 343 g/mol. The van der Waals surface area contributed by atoms with Gasteiger partial charge in [-0.3, -0.25) is 4.79 Å². The lowest BCUT2D eigenvalue weighted by molar-refractivity contribution is -0.122. The van der Waals surface area contributed by atoms with Crippen LogP contribution in [0.1, 0.15) is 24.0 Å². The van der Waals surface area contributed by atoms with Crippen molar-refractivity contribution in [2.45, 2.75) is 30.7 Å². The van der Waals surface area contributed by atoms with E-state index >= 15 is 0 Å². The highest BCUT2D eigenvalue weighted by Crippen LogP contribution is 2.57. The maximum atomic E-state index is 12.7. The highest BCUT2D eigenvalue weighted by atomic mass is 16.5. The summed E-state index contributed by atoms with van der Waals surface area (Å²) in [6, 6.07) is 4.49. The van der Waals surface area contributed by atoms with Crippen molar-refractivity contribution >= 4 is 5.78 Å². The summed E-state index contributed by atoms with van der Waals surface area (Å²) in [4.78, 5) is 15.2. The summed E-state index contributed by atoms with van der Waals surface area (Å²) in [6.07, 6.45) is 4.41. The molecule has 0 unspecified atom stereocenters. The topological polar surface area (TPSA) is 48.0 Å². The number of Topliss-reactive ketones (excluding diaryl/α,β-unsaturated/α-hetero) is 1. The zero-order valence-electron chi connectivity index (χ0n) is 15.3. The Morgan fingerprint density at radius 3 is 2.64 bits per heavy atom. The van der Waals surface area contributed by atoms with Crippen molar-refractivity contribution in [1.29, 1.82) is 0 Å². The third-order valence-electron chi connectivity index (χ3n) is 6.39. The van der Waals surface area contributed by atoms with E-state index < -0.39 is 0 Å². The molecule has 0 spiro atoms. The standard InChI is InChI=1S/C20H25NO4/c1-21-8-7-20-11-15(22)17(24-3)10-13(20)14(21)9-12-5-6-16(23-2)19(25-4)18(12)20/h5-6,10,13-14H,7-9,11H2,1-4H3/t13-,14-,20+/m0/s1. The SMILES string of the molecule is COC1=C[C@H]2[C@@H]3Cc4ccc(OC)c(OC)c4[C@]2(CCN3C)CC1=O. The van der Waals surface area contributed by atoms with E-state index in [1.165, 1.54) is 11.1 Å². The van der Waals surface area contributed by atoms with Gasteiger partial charge in [0.1, 0.15) is 0 Å². The number of hydrogen-bond donors (Lipinski definition) is 0. The van der Waals surface area contributed by atoms with E-state index in [4.69, 9.17) is 14.2 Å². The maximum Gasteiger partial charge on any atom is 0.197 e. The number of nitrogens with zero attached hydrogens (tertiary/aromatic N) is 1. The van der Waals surface area contributed by atoms with E-state index in [0.717, 1.165) is 30.9 Å². The molecule has 2 aliphatic carbocycles. The fourth-order valence-corrected chi connectivity index (χ4v) is 5.21. The first-order valence-electron chi connectivity index (χ1n) is 8.79. The molecule has 3 aliphatic rings. The van der Waals surface area contributed by atoms with Crippen LogP contribution in [0.3, 0.4) is 0 Å². The van der Waals surface area contributed by atoms with Gasteiger partial charge in [-0.1, -0.05) is 6.07 Å². The third kappa shape index (κ3) is 2.15.